The number of rotatable bonds is 14. The summed E-state index contributed by atoms with van der Waals surface area (Å²) in [5, 5.41) is 22.6. The zero-order valence-corrected chi connectivity index (χ0v) is 20.7. The van der Waals surface area contributed by atoms with Gasteiger partial charge in [-0.3, -0.25) is 8.98 Å². The van der Waals surface area contributed by atoms with E-state index in [1.54, 1.807) is 6.92 Å². The lowest BCUT2D eigenvalue weighted by atomic mass is 9.70. The van der Waals surface area contributed by atoms with Crippen LogP contribution in [-0.4, -0.2) is 73.4 Å². The first kappa shape index (κ1) is 30.1. The molecular weight excluding hydrogens is 446 g/mol. The molecular formula is C20H37NO10S. The molecule has 0 heterocycles. The Balaban J connectivity index is 5.85. The highest BCUT2D eigenvalue weighted by molar-refractivity contribution is 7.86. The summed E-state index contributed by atoms with van der Waals surface area (Å²) in [4.78, 5) is 34.7. The van der Waals surface area contributed by atoms with Crippen molar-refractivity contribution in [2.75, 3.05) is 18.9 Å². The van der Waals surface area contributed by atoms with Crippen molar-refractivity contribution in [3.63, 3.8) is 0 Å². The molecule has 0 aliphatic carbocycles. The molecule has 12 heteroatoms. The van der Waals surface area contributed by atoms with Crippen molar-refractivity contribution in [1.29, 1.82) is 0 Å². The van der Waals surface area contributed by atoms with E-state index in [-0.39, 0.29) is 37.8 Å². The summed E-state index contributed by atoms with van der Waals surface area (Å²) in [5.74, 6) is -2.37. The van der Waals surface area contributed by atoms with Crippen molar-refractivity contribution in [3.05, 3.63) is 0 Å². The summed E-state index contributed by atoms with van der Waals surface area (Å²) in [6.07, 6.45) is -3.75. The van der Waals surface area contributed by atoms with Crippen molar-refractivity contribution < 1.29 is 46.7 Å². The van der Waals surface area contributed by atoms with Gasteiger partial charge in [-0.05, 0) is 25.7 Å². The van der Waals surface area contributed by atoms with Crippen LogP contribution in [0.15, 0.2) is 0 Å². The van der Waals surface area contributed by atoms with Gasteiger partial charge in [0, 0.05) is 18.9 Å². The first-order valence-corrected chi connectivity index (χ1v) is 12.0. The number of nitrogens with one attached hydrogen (secondary N) is 1. The Morgan fingerprint density at radius 3 is 2.12 bits per heavy atom. The minimum absolute atomic E-state index is 0.0304. The van der Waals surface area contributed by atoms with Gasteiger partial charge in [0.05, 0.1) is 12.4 Å². The van der Waals surface area contributed by atoms with Crippen LogP contribution < -0.4 is 5.32 Å². The van der Waals surface area contributed by atoms with Crippen molar-refractivity contribution >= 4 is 28.1 Å². The van der Waals surface area contributed by atoms with Crippen molar-refractivity contribution in [1.82, 2.24) is 5.32 Å². The van der Waals surface area contributed by atoms with E-state index in [0.29, 0.717) is 0 Å². The van der Waals surface area contributed by atoms with Crippen LogP contribution >= 0.6 is 0 Å². The fourth-order valence-corrected chi connectivity index (χ4v) is 3.95. The van der Waals surface area contributed by atoms with Crippen LogP contribution in [0.5, 0.6) is 0 Å². The standard InChI is InChI=1S/C20H37NO10S/c1-8-15(30-18(25)29-12-13(2)3)16(19(5,6)20(7,26)17(23)24)31-32(27,28)11-9-10-21-14(4)22/h13,15-16,26H,8-12H2,1-7H3,(H,21,22)(H,23,24)/t15?,16?,20-/m0/s1. The molecule has 0 aliphatic rings. The molecule has 0 radical (unpaired) electrons. The smallest absolute Gasteiger partial charge is 0.479 e. The number of carbonyl (C=O) groups is 3. The molecule has 3 N–H and O–H groups in total. The van der Waals surface area contributed by atoms with Gasteiger partial charge in [0.25, 0.3) is 10.1 Å². The zero-order valence-electron chi connectivity index (χ0n) is 19.8. The van der Waals surface area contributed by atoms with Crippen LogP contribution in [0.4, 0.5) is 4.79 Å². The Morgan fingerprint density at radius 1 is 1.12 bits per heavy atom. The van der Waals surface area contributed by atoms with Crippen LogP contribution in [0, 0.1) is 11.3 Å². The summed E-state index contributed by atoms with van der Waals surface area (Å²) in [6, 6.07) is 0. The molecule has 0 spiro atoms. The molecule has 0 aromatic rings. The molecule has 0 saturated heterocycles. The average molecular weight is 484 g/mol. The normalized spacial score (nSPS) is 16.0. The number of ether oxygens (including phenoxy) is 2. The lowest BCUT2D eigenvalue weighted by Gasteiger charge is -2.44. The summed E-state index contributed by atoms with van der Waals surface area (Å²) in [7, 11) is -4.25. The minimum atomic E-state index is -4.25. The molecule has 0 saturated carbocycles. The van der Waals surface area contributed by atoms with Crippen LogP contribution in [0.2, 0.25) is 0 Å². The van der Waals surface area contributed by atoms with E-state index in [2.05, 4.69) is 5.32 Å². The number of hydrogen-bond acceptors (Lipinski definition) is 9. The van der Waals surface area contributed by atoms with Crippen LogP contribution in [0.25, 0.3) is 0 Å². The first-order valence-electron chi connectivity index (χ1n) is 10.4. The number of amides is 1. The minimum Gasteiger partial charge on any atom is -0.479 e. The molecule has 2 unspecified atom stereocenters. The second-order valence-electron chi connectivity index (χ2n) is 8.73. The van der Waals surface area contributed by atoms with Gasteiger partial charge >= 0.3 is 12.1 Å². The zero-order chi connectivity index (χ0) is 25.3. The molecule has 0 rings (SSSR count). The van der Waals surface area contributed by atoms with E-state index in [9.17, 15) is 33.0 Å². The van der Waals surface area contributed by atoms with Gasteiger partial charge in [0.15, 0.2) is 5.60 Å². The Hall–Kier alpha value is -1.92. The largest absolute Gasteiger partial charge is 0.508 e. The SMILES string of the molecule is CCC(OC(=O)OCC(C)C)C(OS(=O)(=O)CCCNC(C)=O)C(C)(C)[C@@](C)(O)C(=O)O. The molecule has 0 fully saturated rings. The van der Waals surface area contributed by atoms with Gasteiger partial charge in [-0.2, -0.15) is 8.42 Å². The maximum absolute atomic E-state index is 12.6. The highest BCUT2D eigenvalue weighted by Crippen LogP contribution is 2.40. The predicted octanol–water partition coefficient (Wildman–Crippen LogP) is 1.68. The summed E-state index contributed by atoms with van der Waals surface area (Å²) in [5.41, 5.74) is -4.15. The molecule has 11 nitrogen and oxygen atoms in total. The average Bonchev–Trinajstić information content (AvgIpc) is 2.65. The number of carboxylic acid groups (broad SMARTS) is 1. The number of aliphatic carboxylic acids is 1. The van der Waals surface area contributed by atoms with Gasteiger partial charge in [-0.25, -0.2) is 9.59 Å². The Bertz CT molecular complexity index is 745. The molecule has 32 heavy (non-hydrogen) atoms. The quantitative estimate of drug-likeness (QED) is 0.188. The maximum Gasteiger partial charge on any atom is 0.508 e. The van der Waals surface area contributed by atoms with E-state index in [4.69, 9.17) is 13.7 Å². The highest BCUT2D eigenvalue weighted by atomic mass is 32.2. The maximum atomic E-state index is 12.6. The fourth-order valence-electron chi connectivity index (χ4n) is 2.67. The van der Waals surface area contributed by atoms with Gasteiger partial charge in [-0.15, -0.1) is 0 Å². The number of aliphatic hydroxyl groups is 1. The second-order valence-corrected chi connectivity index (χ2v) is 10.4. The molecule has 3 atom stereocenters. The molecule has 0 aliphatic heterocycles. The molecule has 1 amide bonds. The van der Waals surface area contributed by atoms with Crippen LogP contribution in [0.1, 0.15) is 61.3 Å². The predicted molar refractivity (Wildman–Crippen MR) is 115 cm³/mol. The Labute approximate surface area is 189 Å². The van der Waals surface area contributed by atoms with Crippen molar-refractivity contribution in [2.24, 2.45) is 11.3 Å². The van der Waals surface area contributed by atoms with Crippen LogP contribution in [-0.2, 0) is 33.4 Å². The highest BCUT2D eigenvalue weighted by Gasteiger charge is 2.55. The van der Waals surface area contributed by atoms with Gasteiger partial charge in [-0.1, -0.05) is 34.6 Å². The monoisotopic (exact) mass is 483 g/mol. The Morgan fingerprint density at radius 2 is 1.69 bits per heavy atom. The number of hydrogen-bond donors (Lipinski definition) is 3. The van der Waals surface area contributed by atoms with E-state index in [1.807, 2.05) is 13.8 Å². The lowest BCUT2D eigenvalue weighted by molar-refractivity contribution is -0.185. The number of carbonyl (C=O) groups excluding carboxylic acids is 2. The summed E-state index contributed by atoms with van der Waals surface area (Å²) in [6.45, 7) is 10.3. The van der Waals surface area contributed by atoms with E-state index >= 15 is 0 Å². The second kappa shape index (κ2) is 12.4. The Kier molecular flexibility index (Phi) is 11.6. The molecule has 188 valence electrons. The summed E-state index contributed by atoms with van der Waals surface area (Å²) < 4.78 is 40.8. The molecule has 0 bridgehead atoms. The van der Waals surface area contributed by atoms with Gasteiger partial charge in [0.1, 0.15) is 12.2 Å². The van der Waals surface area contributed by atoms with Gasteiger partial charge in [0.2, 0.25) is 5.91 Å². The lowest BCUT2D eigenvalue weighted by Crippen LogP contribution is -2.59. The van der Waals surface area contributed by atoms with Crippen molar-refractivity contribution in [2.45, 2.75) is 79.1 Å². The summed E-state index contributed by atoms with van der Waals surface area (Å²) >= 11 is 0. The van der Waals surface area contributed by atoms with Gasteiger partial charge < -0.3 is 25.0 Å². The third-order valence-electron chi connectivity index (χ3n) is 5.10. The molecule has 0 aromatic heterocycles. The van der Waals surface area contributed by atoms with Crippen LogP contribution in [0.3, 0.4) is 0 Å². The van der Waals surface area contributed by atoms with Crippen molar-refractivity contribution in [3.8, 4) is 0 Å². The first-order chi connectivity index (χ1) is 14.5. The molecule has 0 aromatic carbocycles. The third kappa shape index (κ3) is 9.29. The topological polar surface area (TPSA) is 166 Å². The fraction of sp³-hybridized carbons (Fsp3) is 0.850. The van der Waals surface area contributed by atoms with E-state index in [0.717, 1.165) is 6.92 Å². The third-order valence-corrected chi connectivity index (χ3v) is 6.39. The van der Waals surface area contributed by atoms with E-state index in [1.165, 1.54) is 20.8 Å². The number of carboxylic acids is 1. The van der Waals surface area contributed by atoms with E-state index < -0.39 is 51.2 Å².